The molecule has 4 heteroatoms. The van der Waals surface area contributed by atoms with Gasteiger partial charge in [-0.1, -0.05) is 12.1 Å². The molecule has 0 bridgehead atoms. The summed E-state index contributed by atoms with van der Waals surface area (Å²) in [6.45, 7) is 1.15. The molecule has 0 aliphatic heterocycles. The lowest BCUT2D eigenvalue weighted by molar-refractivity contribution is 0.00991. The summed E-state index contributed by atoms with van der Waals surface area (Å²) in [7, 11) is 1.64. The van der Waals surface area contributed by atoms with Crippen LogP contribution in [0.15, 0.2) is 24.3 Å². The van der Waals surface area contributed by atoms with E-state index in [1.165, 1.54) is 0 Å². The Morgan fingerprint density at radius 1 is 1.05 bits per heavy atom. The molecule has 0 atom stereocenters. The van der Waals surface area contributed by atoms with Crippen LogP contribution in [0.2, 0.25) is 0 Å². The second-order valence-corrected chi connectivity index (χ2v) is 4.91. The Labute approximate surface area is 114 Å². The molecule has 1 aromatic carbocycles. The van der Waals surface area contributed by atoms with Gasteiger partial charge < -0.3 is 19.9 Å². The van der Waals surface area contributed by atoms with Crippen LogP contribution in [0, 0.1) is 0 Å². The highest BCUT2D eigenvalue weighted by atomic mass is 16.5. The van der Waals surface area contributed by atoms with Gasteiger partial charge in [0, 0.05) is 6.04 Å². The molecule has 4 nitrogen and oxygen atoms in total. The van der Waals surface area contributed by atoms with Crippen molar-refractivity contribution < 1.29 is 14.2 Å². The molecule has 0 spiro atoms. The van der Waals surface area contributed by atoms with E-state index in [4.69, 9.17) is 19.9 Å². The predicted octanol–water partition coefficient (Wildman–Crippen LogP) is 2.36. The van der Waals surface area contributed by atoms with Crippen LogP contribution in [0.1, 0.15) is 25.7 Å². The van der Waals surface area contributed by atoms with Gasteiger partial charge in [0.2, 0.25) is 0 Å². The Hall–Kier alpha value is -1.26. The first-order valence-corrected chi connectivity index (χ1v) is 6.92. The van der Waals surface area contributed by atoms with E-state index < -0.39 is 0 Å². The number of hydrogen-bond donors (Lipinski definition) is 1. The number of rotatable bonds is 6. The molecule has 1 fully saturated rings. The minimum Gasteiger partial charge on any atom is -0.493 e. The van der Waals surface area contributed by atoms with Crippen molar-refractivity contribution in [2.45, 2.75) is 37.8 Å². The standard InChI is InChI=1S/C15H23NO3/c1-17-14-4-2-3-5-15(14)19-11-10-18-13-8-6-12(16)7-9-13/h2-5,12-13H,6-11,16H2,1H3. The van der Waals surface area contributed by atoms with Crippen LogP contribution in [0.3, 0.4) is 0 Å². The van der Waals surface area contributed by atoms with Crippen LogP contribution < -0.4 is 15.2 Å². The fourth-order valence-electron chi connectivity index (χ4n) is 2.36. The summed E-state index contributed by atoms with van der Waals surface area (Å²) < 4.78 is 16.7. The van der Waals surface area contributed by atoms with E-state index >= 15 is 0 Å². The molecule has 0 aromatic heterocycles. The number of hydrogen-bond acceptors (Lipinski definition) is 4. The molecule has 0 heterocycles. The smallest absolute Gasteiger partial charge is 0.161 e. The van der Waals surface area contributed by atoms with E-state index in [-0.39, 0.29) is 0 Å². The lowest BCUT2D eigenvalue weighted by Gasteiger charge is -2.26. The van der Waals surface area contributed by atoms with Crippen molar-refractivity contribution in [3.05, 3.63) is 24.3 Å². The second kappa shape index (κ2) is 7.36. The number of methoxy groups -OCH3 is 1. The third-order valence-corrected chi connectivity index (χ3v) is 3.48. The zero-order chi connectivity index (χ0) is 13.5. The second-order valence-electron chi connectivity index (χ2n) is 4.91. The monoisotopic (exact) mass is 265 g/mol. The number of benzene rings is 1. The molecule has 19 heavy (non-hydrogen) atoms. The van der Waals surface area contributed by atoms with Gasteiger partial charge in [0.1, 0.15) is 6.61 Å². The average molecular weight is 265 g/mol. The molecule has 1 aliphatic carbocycles. The van der Waals surface area contributed by atoms with Crippen LogP contribution in [-0.2, 0) is 4.74 Å². The molecule has 0 unspecified atom stereocenters. The normalized spacial score (nSPS) is 23.1. The van der Waals surface area contributed by atoms with Gasteiger partial charge in [0.25, 0.3) is 0 Å². The zero-order valence-corrected chi connectivity index (χ0v) is 11.5. The molecule has 1 saturated carbocycles. The summed E-state index contributed by atoms with van der Waals surface area (Å²) in [4.78, 5) is 0. The largest absolute Gasteiger partial charge is 0.493 e. The van der Waals surface area contributed by atoms with Crippen LogP contribution in [0.25, 0.3) is 0 Å². The third-order valence-electron chi connectivity index (χ3n) is 3.48. The molecular weight excluding hydrogens is 242 g/mol. The van der Waals surface area contributed by atoms with Crippen molar-refractivity contribution in [1.29, 1.82) is 0 Å². The number of nitrogens with two attached hydrogens (primary N) is 1. The SMILES string of the molecule is COc1ccccc1OCCOC1CCC(N)CC1. The third kappa shape index (κ3) is 4.40. The Morgan fingerprint density at radius 2 is 1.74 bits per heavy atom. The van der Waals surface area contributed by atoms with Crippen molar-refractivity contribution in [1.82, 2.24) is 0 Å². The number of ether oxygens (including phenoxy) is 3. The van der Waals surface area contributed by atoms with E-state index in [1.807, 2.05) is 24.3 Å². The van der Waals surface area contributed by atoms with Gasteiger partial charge in [-0.05, 0) is 37.8 Å². The van der Waals surface area contributed by atoms with Gasteiger partial charge in [-0.15, -0.1) is 0 Å². The molecule has 0 radical (unpaired) electrons. The van der Waals surface area contributed by atoms with Gasteiger partial charge in [-0.3, -0.25) is 0 Å². The lowest BCUT2D eigenvalue weighted by Crippen LogP contribution is -2.31. The summed E-state index contributed by atoms with van der Waals surface area (Å²) in [6.07, 6.45) is 4.61. The fourth-order valence-corrected chi connectivity index (χ4v) is 2.36. The Morgan fingerprint density at radius 3 is 2.42 bits per heavy atom. The lowest BCUT2D eigenvalue weighted by atomic mass is 9.94. The van der Waals surface area contributed by atoms with Crippen molar-refractivity contribution >= 4 is 0 Å². The molecular formula is C15H23NO3. The molecule has 106 valence electrons. The summed E-state index contributed by atoms with van der Waals surface area (Å²) in [5.74, 6) is 1.52. The van der Waals surface area contributed by atoms with Crippen LogP contribution in [0.5, 0.6) is 11.5 Å². The summed E-state index contributed by atoms with van der Waals surface area (Å²) >= 11 is 0. The van der Waals surface area contributed by atoms with Crippen LogP contribution in [0.4, 0.5) is 0 Å². The maximum Gasteiger partial charge on any atom is 0.161 e. The highest BCUT2D eigenvalue weighted by Crippen LogP contribution is 2.25. The summed E-state index contributed by atoms with van der Waals surface area (Å²) in [6, 6.07) is 8.01. The Bertz CT molecular complexity index is 375. The van der Waals surface area contributed by atoms with Crippen molar-refractivity contribution in [3.63, 3.8) is 0 Å². The number of para-hydroxylation sites is 2. The molecule has 1 aromatic rings. The van der Waals surface area contributed by atoms with Gasteiger partial charge in [0.05, 0.1) is 19.8 Å². The van der Waals surface area contributed by atoms with E-state index in [1.54, 1.807) is 7.11 Å². The summed E-state index contributed by atoms with van der Waals surface area (Å²) in [5, 5.41) is 0. The Balaban J connectivity index is 1.66. The summed E-state index contributed by atoms with van der Waals surface area (Å²) in [5.41, 5.74) is 5.87. The van der Waals surface area contributed by atoms with Crippen LogP contribution >= 0.6 is 0 Å². The Kier molecular flexibility index (Phi) is 5.48. The molecule has 0 saturated heterocycles. The predicted molar refractivity (Wildman–Crippen MR) is 74.7 cm³/mol. The van der Waals surface area contributed by atoms with Crippen LogP contribution in [-0.4, -0.2) is 32.5 Å². The first kappa shape index (κ1) is 14.2. The molecule has 2 rings (SSSR count). The fraction of sp³-hybridized carbons (Fsp3) is 0.600. The first-order valence-electron chi connectivity index (χ1n) is 6.92. The van der Waals surface area contributed by atoms with E-state index in [0.29, 0.717) is 25.4 Å². The molecule has 1 aliphatic rings. The average Bonchev–Trinajstić information content (AvgIpc) is 2.46. The van der Waals surface area contributed by atoms with Crippen molar-refractivity contribution in [2.75, 3.05) is 20.3 Å². The maximum absolute atomic E-state index is 5.87. The van der Waals surface area contributed by atoms with E-state index in [2.05, 4.69) is 0 Å². The topological polar surface area (TPSA) is 53.7 Å². The zero-order valence-electron chi connectivity index (χ0n) is 11.5. The van der Waals surface area contributed by atoms with E-state index in [0.717, 1.165) is 37.2 Å². The minimum atomic E-state index is 0.348. The maximum atomic E-state index is 5.87. The van der Waals surface area contributed by atoms with Gasteiger partial charge in [0.15, 0.2) is 11.5 Å². The quantitative estimate of drug-likeness (QED) is 0.802. The van der Waals surface area contributed by atoms with Gasteiger partial charge in [-0.25, -0.2) is 0 Å². The first-order chi connectivity index (χ1) is 9.29. The van der Waals surface area contributed by atoms with Crippen molar-refractivity contribution in [3.8, 4) is 11.5 Å². The minimum absolute atomic E-state index is 0.348. The van der Waals surface area contributed by atoms with Gasteiger partial charge in [-0.2, -0.15) is 0 Å². The van der Waals surface area contributed by atoms with Gasteiger partial charge >= 0.3 is 0 Å². The molecule has 2 N–H and O–H groups in total. The van der Waals surface area contributed by atoms with Crippen molar-refractivity contribution in [2.24, 2.45) is 5.73 Å². The highest BCUT2D eigenvalue weighted by molar-refractivity contribution is 5.39. The highest BCUT2D eigenvalue weighted by Gasteiger charge is 2.18. The molecule has 0 amide bonds. The van der Waals surface area contributed by atoms with E-state index in [9.17, 15) is 0 Å².